The summed E-state index contributed by atoms with van der Waals surface area (Å²) in [7, 11) is 1.12. The van der Waals surface area contributed by atoms with Gasteiger partial charge in [0.05, 0.1) is 0 Å². The van der Waals surface area contributed by atoms with Crippen LogP contribution in [0.1, 0.15) is 0 Å². The number of hydrogen-bond acceptors (Lipinski definition) is 0. The molecule has 4 heteroatoms. The van der Waals surface area contributed by atoms with Crippen LogP contribution in [-0.2, 0) is 49.5 Å². The zero-order valence-electron chi connectivity index (χ0n) is 2.03. The number of rotatable bonds is 0. The molecule has 0 N–H and O–H groups in total. The summed E-state index contributed by atoms with van der Waals surface area (Å²) in [6, 6.07) is 0. The fraction of sp³-hybridized carbons (Fsp3) is 0. The van der Waals surface area contributed by atoms with Crippen molar-refractivity contribution in [1.29, 1.82) is 0 Å². The fourth-order valence-corrected chi connectivity index (χ4v) is 0. The Bertz CT molecular complexity index is 8.00. The van der Waals surface area contributed by atoms with Crippen LogP contribution in [0.4, 0.5) is 0 Å². The first kappa shape index (κ1) is 17.1. The SMILES string of the molecule is [Cu].[Fe].[SiH3][Mn]. The predicted octanol–water partition coefficient (Wildman–Crippen LogP) is -1.19. The van der Waals surface area contributed by atoms with Crippen LogP contribution < -0.4 is 0 Å². The van der Waals surface area contributed by atoms with Crippen LogP contribution in [0.25, 0.3) is 0 Å². The third-order valence-electron chi connectivity index (χ3n) is 0. The zero-order valence-corrected chi connectivity index (χ0v) is 7.26. The van der Waals surface area contributed by atoms with Crippen molar-refractivity contribution in [2.45, 2.75) is 0 Å². The van der Waals surface area contributed by atoms with Gasteiger partial charge in [-0.15, -0.1) is 0 Å². The minimum atomic E-state index is 0. The van der Waals surface area contributed by atoms with E-state index >= 15 is 0 Å². The van der Waals surface area contributed by atoms with E-state index in [4.69, 9.17) is 0 Å². The second kappa shape index (κ2) is 21.6. The van der Waals surface area contributed by atoms with Gasteiger partial charge in [0.2, 0.25) is 0 Å². The Kier molecular flexibility index (Phi) is 92.3. The first-order valence-corrected chi connectivity index (χ1v) is 4.68. The van der Waals surface area contributed by atoms with E-state index in [1.54, 1.807) is 0 Å². The molecule has 0 aliphatic rings. The molecule has 0 unspecified atom stereocenters. The van der Waals surface area contributed by atoms with Gasteiger partial charge in [-0.05, 0) is 0 Å². The van der Waals surface area contributed by atoms with Crippen molar-refractivity contribution in [2.75, 3.05) is 0 Å². The van der Waals surface area contributed by atoms with Crippen molar-refractivity contribution >= 4 is 8.85 Å². The van der Waals surface area contributed by atoms with Crippen LogP contribution in [0, 0.1) is 0 Å². The Morgan fingerprint density at radius 1 is 1.25 bits per heavy atom. The molecule has 0 rings (SSSR count). The Hall–Kier alpha value is 1.78. The molecule has 0 saturated heterocycles. The van der Waals surface area contributed by atoms with Gasteiger partial charge in [-0.2, -0.15) is 0 Å². The topological polar surface area (TPSA) is 0 Å². The summed E-state index contributed by atoms with van der Waals surface area (Å²) in [4.78, 5) is 0. The molecule has 0 aromatic rings. The molecule has 0 atom stereocenters. The molecule has 0 nitrogen and oxygen atoms in total. The Morgan fingerprint density at radius 3 is 1.25 bits per heavy atom. The van der Waals surface area contributed by atoms with Crippen LogP contribution in [0.5, 0.6) is 0 Å². The number of hydrogen-bond donors (Lipinski definition) is 0. The van der Waals surface area contributed by atoms with Gasteiger partial charge >= 0.3 is 24.2 Å². The van der Waals surface area contributed by atoms with Crippen molar-refractivity contribution in [1.82, 2.24) is 0 Å². The molecule has 33 valence electrons. The summed E-state index contributed by atoms with van der Waals surface area (Å²) < 4.78 is 0. The summed E-state index contributed by atoms with van der Waals surface area (Å²) in [5.41, 5.74) is 0. The maximum atomic E-state index is 3.08. The molecule has 0 aliphatic heterocycles. The molecule has 0 amide bonds. The van der Waals surface area contributed by atoms with Crippen LogP contribution in [0.15, 0.2) is 0 Å². The van der Waals surface area contributed by atoms with Crippen molar-refractivity contribution in [3.63, 3.8) is 0 Å². The normalized spacial score (nSPS) is 2.25. The molecule has 1 radical (unpaired) electrons. The van der Waals surface area contributed by atoms with Gasteiger partial charge in [0, 0.05) is 34.1 Å². The van der Waals surface area contributed by atoms with Gasteiger partial charge in [0.25, 0.3) is 0 Å². The second-order valence-electron chi connectivity index (χ2n) is 0. The van der Waals surface area contributed by atoms with Crippen LogP contribution in [-0.4, -0.2) is 8.85 Å². The maximum absolute atomic E-state index is 3.08. The van der Waals surface area contributed by atoms with E-state index < -0.39 is 0 Å². The second-order valence-corrected chi connectivity index (χ2v) is 0. The molecule has 4 heavy (non-hydrogen) atoms. The van der Waals surface area contributed by atoms with Crippen LogP contribution in [0.2, 0.25) is 0 Å². The summed E-state index contributed by atoms with van der Waals surface area (Å²) in [5, 5.41) is 0. The summed E-state index contributed by atoms with van der Waals surface area (Å²) >= 11 is 3.08. The molecule has 0 aromatic heterocycles. The first-order chi connectivity index (χ1) is 1.00. The minimum absolute atomic E-state index is 0. The average molecular weight is 205 g/mol. The predicted molar refractivity (Wildman–Crippen MR) is 9.94 cm³/mol. The van der Waals surface area contributed by atoms with Crippen LogP contribution in [0.3, 0.4) is 0 Å². The average Bonchev–Trinajstić information content (AvgIpc) is 1.00. The molecular formula is H3CuFeMnSi. The Labute approximate surface area is 58.1 Å². The molecule has 0 saturated carbocycles. The molecule has 0 spiro atoms. The van der Waals surface area contributed by atoms with E-state index in [0.717, 1.165) is 8.85 Å². The van der Waals surface area contributed by atoms with Crippen molar-refractivity contribution in [2.24, 2.45) is 0 Å². The molecule has 0 fully saturated rings. The van der Waals surface area contributed by atoms with Crippen molar-refractivity contribution in [3.8, 4) is 0 Å². The van der Waals surface area contributed by atoms with Crippen molar-refractivity contribution in [3.05, 3.63) is 0 Å². The summed E-state index contributed by atoms with van der Waals surface area (Å²) in [6.45, 7) is 0. The molecule has 0 heterocycles. The van der Waals surface area contributed by atoms with Crippen molar-refractivity contribution < 1.29 is 49.5 Å². The third-order valence-corrected chi connectivity index (χ3v) is 0. The zero-order chi connectivity index (χ0) is 2.00. The van der Waals surface area contributed by atoms with Gasteiger partial charge in [0.1, 0.15) is 0 Å². The Balaban J connectivity index is -0.00000000500. The van der Waals surface area contributed by atoms with E-state index in [0.29, 0.717) is 0 Å². The van der Waals surface area contributed by atoms with E-state index in [9.17, 15) is 0 Å². The Morgan fingerprint density at radius 2 is 1.25 bits per heavy atom. The van der Waals surface area contributed by atoms with E-state index in [2.05, 4.69) is 15.4 Å². The van der Waals surface area contributed by atoms with Gasteiger partial charge in [-0.1, -0.05) is 0 Å². The standard InChI is InChI=1S/Cu.Fe.Mn.H3Si/h;;;1H3. The quantitative estimate of drug-likeness (QED) is 0.436. The monoisotopic (exact) mass is 205 g/mol. The van der Waals surface area contributed by atoms with E-state index in [1.165, 1.54) is 0 Å². The van der Waals surface area contributed by atoms with Gasteiger partial charge in [-0.25, -0.2) is 0 Å². The van der Waals surface area contributed by atoms with Gasteiger partial charge in [-0.3, -0.25) is 0 Å². The fourth-order valence-electron chi connectivity index (χ4n) is 0. The van der Waals surface area contributed by atoms with E-state index in [-0.39, 0.29) is 34.1 Å². The van der Waals surface area contributed by atoms with E-state index in [1.807, 2.05) is 0 Å². The third kappa shape index (κ3) is 9.23. The molecule has 0 aliphatic carbocycles. The molecule has 0 aromatic carbocycles. The first-order valence-electron chi connectivity index (χ1n) is 0.378. The summed E-state index contributed by atoms with van der Waals surface area (Å²) in [5.74, 6) is 0. The van der Waals surface area contributed by atoms with Gasteiger partial charge < -0.3 is 0 Å². The molecule has 0 bridgehead atoms. The summed E-state index contributed by atoms with van der Waals surface area (Å²) in [6.07, 6.45) is 0. The van der Waals surface area contributed by atoms with Gasteiger partial charge in [0.15, 0.2) is 0 Å². The van der Waals surface area contributed by atoms with Crippen LogP contribution >= 0.6 is 0 Å². The molecular weight excluding hydrogens is 202 g/mol.